The van der Waals surface area contributed by atoms with E-state index in [0.717, 1.165) is 69.2 Å². The number of nitrogens with zero attached hydrogens (tertiary/aromatic N) is 2. The van der Waals surface area contributed by atoms with E-state index in [2.05, 4.69) is 75.7 Å². The summed E-state index contributed by atoms with van der Waals surface area (Å²) in [6, 6.07) is 22.2. The lowest BCUT2D eigenvalue weighted by Crippen LogP contribution is -2.30. The van der Waals surface area contributed by atoms with Crippen molar-refractivity contribution in [3.05, 3.63) is 96.6 Å². The van der Waals surface area contributed by atoms with Gasteiger partial charge in [0, 0.05) is 18.0 Å². The molecule has 0 unspecified atom stereocenters. The second-order valence-electron chi connectivity index (χ2n) is 11.4. The summed E-state index contributed by atoms with van der Waals surface area (Å²) in [6.45, 7) is 4.12. The Labute approximate surface area is 225 Å². The first-order chi connectivity index (χ1) is 19.2. The van der Waals surface area contributed by atoms with Gasteiger partial charge in [-0.1, -0.05) is 48.6 Å². The highest BCUT2D eigenvalue weighted by Gasteiger charge is 2.50. The molecular weight excluding hydrogens is 484 g/mol. The van der Waals surface area contributed by atoms with Crippen molar-refractivity contribution in [3.63, 3.8) is 0 Å². The first kappa shape index (κ1) is 21.7. The van der Waals surface area contributed by atoms with Gasteiger partial charge in [0.05, 0.1) is 28.6 Å². The standard InChI is InChI=1S/C32H28N6O/c1-16-21-15-27(34-29(16)21)32-36-24-3-2-4-28(30(24)38-32)39-20-9-5-17(6-10-20)18-7-12-23-25(13-18)37-31(35-23)26-14-19-8-11-22(19)33-26/h2-13,19,21-22,26-27,29,33-34H,1,14-15H2,(H,35,37)(H,36,38)/t19-,21+,22-,26+,27+,29-/m1/s1. The molecule has 39 heavy (non-hydrogen) atoms. The molecular formula is C32H28N6O. The van der Waals surface area contributed by atoms with E-state index in [9.17, 15) is 0 Å². The first-order valence-electron chi connectivity index (χ1n) is 13.8. The van der Waals surface area contributed by atoms with Crippen LogP contribution in [0.4, 0.5) is 0 Å². The zero-order valence-corrected chi connectivity index (χ0v) is 21.3. The summed E-state index contributed by atoms with van der Waals surface area (Å²) < 4.78 is 6.31. The van der Waals surface area contributed by atoms with Crippen molar-refractivity contribution >= 4 is 22.1 Å². The Bertz CT molecular complexity index is 1790. The molecule has 0 radical (unpaired) electrons. The third-order valence-electron chi connectivity index (χ3n) is 9.04. The fourth-order valence-corrected chi connectivity index (χ4v) is 6.65. The van der Waals surface area contributed by atoms with Crippen LogP contribution in [0.5, 0.6) is 11.5 Å². The van der Waals surface area contributed by atoms with Crippen LogP contribution < -0.4 is 15.4 Å². The second-order valence-corrected chi connectivity index (χ2v) is 11.4. The lowest BCUT2D eigenvalue weighted by Gasteiger charge is -2.19. The third-order valence-corrected chi connectivity index (χ3v) is 9.04. The lowest BCUT2D eigenvalue weighted by atomic mass is 9.89. The molecule has 192 valence electrons. The van der Waals surface area contributed by atoms with Crippen molar-refractivity contribution in [2.24, 2.45) is 11.8 Å². The van der Waals surface area contributed by atoms with Gasteiger partial charge in [-0.05, 0) is 66.3 Å². The van der Waals surface area contributed by atoms with Gasteiger partial charge in [0.1, 0.15) is 22.9 Å². The molecule has 3 aromatic carbocycles. The van der Waals surface area contributed by atoms with Crippen molar-refractivity contribution in [2.75, 3.05) is 0 Å². The summed E-state index contributed by atoms with van der Waals surface area (Å²) in [5, 5.41) is 7.30. The minimum atomic E-state index is 0.245. The van der Waals surface area contributed by atoms with E-state index in [1.165, 1.54) is 5.57 Å². The van der Waals surface area contributed by atoms with Crippen LogP contribution in [0, 0.1) is 11.8 Å². The summed E-state index contributed by atoms with van der Waals surface area (Å²) in [4.78, 5) is 16.8. The maximum absolute atomic E-state index is 6.31. The average Bonchev–Trinajstić information content (AvgIpc) is 3.51. The number of aromatic nitrogens is 4. The van der Waals surface area contributed by atoms with Crippen LogP contribution >= 0.6 is 0 Å². The molecule has 4 aliphatic rings. The number of hydrogen-bond acceptors (Lipinski definition) is 5. The van der Waals surface area contributed by atoms with Crippen molar-refractivity contribution in [1.29, 1.82) is 0 Å². The molecule has 2 aliphatic carbocycles. The smallest absolute Gasteiger partial charge is 0.155 e. The Hall–Kier alpha value is -4.20. The van der Waals surface area contributed by atoms with Crippen LogP contribution in [0.2, 0.25) is 0 Å². The summed E-state index contributed by atoms with van der Waals surface area (Å²) in [7, 11) is 0. The van der Waals surface area contributed by atoms with E-state index in [-0.39, 0.29) is 12.1 Å². The van der Waals surface area contributed by atoms with E-state index in [1.54, 1.807) is 0 Å². The summed E-state index contributed by atoms with van der Waals surface area (Å²) in [6.07, 6.45) is 6.71. The Kier molecular flexibility index (Phi) is 4.40. The molecule has 0 bridgehead atoms. The molecule has 4 heterocycles. The van der Waals surface area contributed by atoms with Gasteiger partial charge in [-0.3, -0.25) is 0 Å². The number of fused-ring (bicyclic) bond motifs is 4. The molecule has 0 spiro atoms. The molecule has 0 amide bonds. The number of hydrogen-bond donors (Lipinski definition) is 4. The van der Waals surface area contributed by atoms with Gasteiger partial charge in [-0.2, -0.15) is 0 Å². The monoisotopic (exact) mass is 512 g/mol. The molecule has 7 nitrogen and oxygen atoms in total. The fourth-order valence-electron chi connectivity index (χ4n) is 6.65. The molecule has 2 saturated heterocycles. The zero-order chi connectivity index (χ0) is 25.7. The number of H-pyrrole nitrogens is 2. The van der Waals surface area contributed by atoms with Crippen molar-refractivity contribution < 1.29 is 4.74 Å². The first-order valence-corrected chi connectivity index (χ1v) is 13.8. The van der Waals surface area contributed by atoms with Gasteiger partial charge in [-0.15, -0.1) is 0 Å². The topological polar surface area (TPSA) is 90.7 Å². The van der Waals surface area contributed by atoms with E-state index in [4.69, 9.17) is 14.7 Å². The predicted molar refractivity (Wildman–Crippen MR) is 152 cm³/mol. The molecule has 9 rings (SSSR count). The maximum Gasteiger partial charge on any atom is 0.155 e. The van der Waals surface area contributed by atoms with Crippen LogP contribution in [0.25, 0.3) is 33.2 Å². The van der Waals surface area contributed by atoms with Gasteiger partial charge in [-0.25, -0.2) is 9.97 Å². The van der Waals surface area contributed by atoms with Gasteiger partial charge >= 0.3 is 0 Å². The minimum absolute atomic E-state index is 0.245. The normalized spacial score (nSPS) is 28.6. The summed E-state index contributed by atoms with van der Waals surface area (Å²) in [5.74, 6) is 4.80. The fraction of sp³-hybridized carbons (Fsp3) is 0.250. The quantitative estimate of drug-likeness (QED) is 0.214. The Morgan fingerprint density at radius 1 is 0.795 bits per heavy atom. The zero-order valence-electron chi connectivity index (χ0n) is 21.3. The van der Waals surface area contributed by atoms with Gasteiger partial charge in [0.15, 0.2) is 5.75 Å². The molecule has 2 aromatic heterocycles. The highest BCUT2D eigenvalue weighted by Crippen LogP contribution is 2.50. The summed E-state index contributed by atoms with van der Waals surface area (Å²) >= 11 is 0. The Morgan fingerprint density at radius 3 is 2.38 bits per heavy atom. The number of rotatable bonds is 5. The van der Waals surface area contributed by atoms with Gasteiger partial charge in [0.2, 0.25) is 0 Å². The highest BCUT2D eigenvalue weighted by molar-refractivity contribution is 5.83. The van der Waals surface area contributed by atoms with E-state index >= 15 is 0 Å². The van der Waals surface area contributed by atoms with Crippen molar-refractivity contribution in [3.8, 4) is 22.6 Å². The van der Waals surface area contributed by atoms with E-state index in [1.807, 2.05) is 24.3 Å². The molecule has 6 atom stereocenters. The number of nitrogens with one attached hydrogen (secondary N) is 4. The Morgan fingerprint density at radius 2 is 1.62 bits per heavy atom. The lowest BCUT2D eigenvalue weighted by molar-refractivity contribution is 0.487. The molecule has 4 N–H and O–H groups in total. The highest BCUT2D eigenvalue weighted by atomic mass is 16.5. The van der Waals surface area contributed by atoms with Crippen molar-refractivity contribution in [2.45, 2.75) is 37.0 Å². The molecule has 2 aliphatic heterocycles. The SMILES string of the molecule is C=C1[C@H]2N[C@H](c3nc4c(Oc5ccc(-c6ccc7nc([C@@H]8C[C@H]9C=C[C@H]9N8)[nH]c7c6)cc5)cccc4[nH]3)C[C@@H]12. The summed E-state index contributed by atoms with van der Waals surface area (Å²) in [5.41, 5.74) is 7.53. The second kappa shape index (κ2) is 7.91. The number of benzene rings is 3. The minimum Gasteiger partial charge on any atom is -0.455 e. The maximum atomic E-state index is 6.31. The van der Waals surface area contributed by atoms with Crippen LogP contribution in [-0.2, 0) is 0 Å². The molecule has 3 fully saturated rings. The van der Waals surface area contributed by atoms with Crippen LogP contribution in [0.1, 0.15) is 36.6 Å². The van der Waals surface area contributed by atoms with Crippen LogP contribution in [0.3, 0.4) is 0 Å². The predicted octanol–water partition coefficient (Wildman–Crippen LogP) is 6.08. The van der Waals surface area contributed by atoms with E-state index < -0.39 is 0 Å². The molecule has 1 saturated carbocycles. The third kappa shape index (κ3) is 3.43. The molecule has 7 heteroatoms. The van der Waals surface area contributed by atoms with Crippen LogP contribution in [0.15, 0.2) is 85.0 Å². The number of imidazole rings is 2. The Balaban J connectivity index is 0.944. The number of aromatic amines is 2. The van der Waals surface area contributed by atoms with Crippen LogP contribution in [-0.4, -0.2) is 32.0 Å². The largest absolute Gasteiger partial charge is 0.455 e. The molecule has 5 aromatic rings. The number of para-hydroxylation sites is 1. The van der Waals surface area contributed by atoms with Gasteiger partial charge < -0.3 is 25.3 Å². The van der Waals surface area contributed by atoms with Crippen molar-refractivity contribution in [1.82, 2.24) is 30.6 Å². The van der Waals surface area contributed by atoms with E-state index in [0.29, 0.717) is 23.9 Å². The number of ether oxygens (including phenoxy) is 1. The number of piperidine rings is 1. The average molecular weight is 513 g/mol. The van der Waals surface area contributed by atoms with Gasteiger partial charge in [0.25, 0.3) is 0 Å².